The lowest BCUT2D eigenvalue weighted by Gasteiger charge is -2.12. The van der Waals surface area contributed by atoms with Gasteiger partial charge in [-0.05, 0) is 25.0 Å². The molecule has 1 aromatic rings. The minimum absolute atomic E-state index is 0.0134. The van der Waals surface area contributed by atoms with E-state index in [9.17, 15) is 8.78 Å². The van der Waals surface area contributed by atoms with E-state index in [0.29, 0.717) is 12.5 Å². The maximum absolute atomic E-state index is 13.2. The Morgan fingerprint density at radius 1 is 1.44 bits per heavy atom. The highest BCUT2D eigenvalue weighted by atomic mass is 19.1. The normalized spacial score (nSPS) is 16.1. The summed E-state index contributed by atoms with van der Waals surface area (Å²) in [7, 11) is 0. The van der Waals surface area contributed by atoms with Gasteiger partial charge in [0.15, 0.2) is 11.6 Å². The van der Waals surface area contributed by atoms with Crippen molar-refractivity contribution in [2.45, 2.75) is 31.3 Å². The monoisotopic (exact) mass is 252 g/mol. The molecule has 18 heavy (non-hydrogen) atoms. The largest absolute Gasteiger partial charge is 0.490 e. The highest BCUT2D eigenvalue weighted by molar-refractivity contribution is 5.24. The van der Waals surface area contributed by atoms with Crippen LogP contribution in [0.3, 0.4) is 0 Å². The Morgan fingerprint density at radius 2 is 2.22 bits per heavy atom. The van der Waals surface area contributed by atoms with Gasteiger partial charge in [-0.2, -0.15) is 5.26 Å². The Bertz CT molecular complexity index is 455. The van der Waals surface area contributed by atoms with Crippen molar-refractivity contribution < 1.29 is 13.5 Å². The summed E-state index contributed by atoms with van der Waals surface area (Å²) in [6, 6.07) is 5.47. The van der Waals surface area contributed by atoms with Gasteiger partial charge in [-0.15, -0.1) is 0 Å². The van der Waals surface area contributed by atoms with Crippen molar-refractivity contribution in [1.82, 2.24) is 5.32 Å². The second-order valence-electron chi connectivity index (χ2n) is 4.33. The van der Waals surface area contributed by atoms with E-state index < -0.39 is 11.6 Å². The standard InChI is InChI=1S/C13H14F2N2O/c14-9-1-4-13(12(15)7-9)18-6-5-11(8-16)17-10-2-3-10/h1,4,7,10-11,17H,2-3,5-6H2. The van der Waals surface area contributed by atoms with Gasteiger partial charge in [0.25, 0.3) is 0 Å². The maximum Gasteiger partial charge on any atom is 0.167 e. The third-order valence-electron chi connectivity index (χ3n) is 2.73. The lowest BCUT2D eigenvalue weighted by molar-refractivity contribution is 0.283. The quantitative estimate of drug-likeness (QED) is 0.845. The fourth-order valence-electron chi connectivity index (χ4n) is 1.60. The van der Waals surface area contributed by atoms with Crippen LogP contribution in [0.25, 0.3) is 0 Å². The average molecular weight is 252 g/mol. The molecule has 0 aliphatic heterocycles. The average Bonchev–Trinajstić information content (AvgIpc) is 3.14. The van der Waals surface area contributed by atoms with Crippen LogP contribution in [-0.2, 0) is 0 Å². The van der Waals surface area contributed by atoms with Crippen LogP contribution in [0.1, 0.15) is 19.3 Å². The Labute approximate surface area is 104 Å². The number of nitriles is 1. The zero-order chi connectivity index (χ0) is 13.0. The van der Waals surface area contributed by atoms with Gasteiger partial charge in [0, 0.05) is 18.5 Å². The molecule has 1 N–H and O–H groups in total. The van der Waals surface area contributed by atoms with E-state index in [-0.39, 0.29) is 18.4 Å². The maximum atomic E-state index is 13.2. The molecular formula is C13H14F2N2O. The van der Waals surface area contributed by atoms with Crippen LogP contribution < -0.4 is 10.1 Å². The summed E-state index contributed by atoms with van der Waals surface area (Å²) in [5, 5.41) is 12.1. The van der Waals surface area contributed by atoms with Crippen molar-refractivity contribution in [3.8, 4) is 11.8 Å². The first-order valence-corrected chi connectivity index (χ1v) is 5.92. The van der Waals surface area contributed by atoms with Crippen molar-refractivity contribution in [2.24, 2.45) is 0 Å². The van der Waals surface area contributed by atoms with Crippen molar-refractivity contribution >= 4 is 0 Å². The molecule has 0 spiro atoms. The van der Waals surface area contributed by atoms with Crippen LogP contribution >= 0.6 is 0 Å². The number of hydrogen-bond donors (Lipinski definition) is 1. The molecule has 1 atom stereocenters. The van der Waals surface area contributed by atoms with Gasteiger partial charge in [0.2, 0.25) is 0 Å². The molecule has 96 valence electrons. The molecular weight excluding hydrogens is 238 g/mol. The van der Waals surface area contributed by atoms with Crippen LogP contribution in [0, 0.1) is 23.0 Å². The first-order valence-electron chi connectivity index (χ1n) is 5.92. The summed E-state index contributed by atoms with van der Waals surface area (Å²) in [6.45, 7) is 0.223. The van der Waals surface area contributed by atoms with Crippen LogP contribution in [0.4, 0.5) is 8.78 Å². The summed E-state index contributed by atoms with van der Waals surface area (Å²) in [5.41, 5.74) is 0. The van der Waals surface area contributed by atoms with E-state index in [0.717, 1.165) is 25.0 Å². The third kappa shape index (κ3) is 3.67. The molecule has 1 aromatic carbocycles. The molecule has 0 amide bonds. The van der Waals surface area contributed by atoms with Gasteiger partial charge in [-0.3, -0.25) is 5.32 Å². The van der Waals surface area contributed by atoms with Crippen LogP contribution in [0.15, 0.2) is 18.2 Å². The molecule has 1 aliphatic carbocycles. The molecule has 0 heterocycles. The predicted octanol–water partition coefficient (Wildman–Crippen LogP) is 2.38. The highest BCUT2D eigenvalue weighted by Crippen LogP contribution is 2.20. The van der Waals surface area contributed by atoms with Gasteiger partial charge in [0.05, 0.1) is 18.7 Å². The smallest absolute Gasteiger partial charge is 0.167 e. The summed E-state index contributed by atoms with van der Waals surface area (Å²) < 4.78 is 31.1. The van der Waals surface area contributed by atoms with Gasteiger partial charge in [-0.1, -0.05) is 0 Å². The number of rotatable bonds is 6. The number of nitrogens with zero attached hydrogens (tertiary/aromatic N) is 1. The molecule has 1 aliphatic rings. The molecule has 0 saturated heterocycles. The minimum Gasteiger partial charge on any atom is -0.490 e. The molecule has 1 saturated carbocycles. The molecule has 1 unspecified atom stereocenters. The Morgan fingerprint density at radius 3 is 2.83 bits per heavy atom. The Hall–Kier alpha value is -1.67. The van der Waals surface area contributed by atoms with E-state index in [1.807, 2.05) is 0 Å². The summed E-state index contributed by atoms with van der Waals surface area (Å²) >= 11 is 0. The minimum atomic E-state index is -0.723. The zero-order valence-corrected chi connectivity index (χ0v) is 9.83. The fraction of sp³-hybridized carbons (Fsp3) is 0.462. The first-order chi connectivity index (χ1) is 8.69. The fourth-order valence-corrected chi connectivity index (χ4v) is 1.60. The van der Waals surface area contributed by atoms with Gasteiger partial charge in [0.1, 0.15) is 5.82 Å². The van der Waals surface area contributed by atoms with Crippen LogP contribution in [0.2, 0.25) is 0 Å². The second-order valence-corrected chi connectivity index (χ2v) is 4.33. The molecule has 2 rings (SSSR count). The second kappa shape index (κ2) is 5.78. The van der Waals surface area contributed by atoms with Gasteiger partial charge < -0.3 is 4.74 Å². The number of hydrogen-bond acceptors (Lipinski definition) is 3. The van der Waals surface area contributed by atoms with E-state index in [4.69, 9.17) is 10.00 Å². The van der Waals surface area contributed by atoms with E-state index in [1.165, 1.54) is 6.07 Å². The third-order valence-corrected chi connectivity index (χ3v) is 2.73. The zero-order valence-electron chi connectivity index (χ0n) is 9.83. The first kappa shape index (κ1) is 12.8. The number of nitrogens with one attached hydrogen (secondary N) is 1. The summed E-state index contributed by atoms with van der Waals surface area (Å²) in [5.74, 6) is -1.34. The van der Waals surface area contributed by atoms with Crippen molar-refractivity contribution in [2.75, 3.05) is 6.61 Å². The number of benzene rings is 1. The number of ether oxygens (including phenoxy) is 1. The van der Waals surface area contributed by atoms with Crippen molar-refractivity contribution in [3.05, 3.63) is 29.8 Å². The SMILES string of the molecule is N#CC(CCOc1ccc(F)cc1F)NC1CC1. The van der Waals surface area contributed by atoms with Crippen molar-refractivity contribution in [1.29, 1.82) is 5.26 Å². The van der Waals surface area contributed by atoms with E-state index in [1.54, 1.807) is 0 Å². The Kier molecular flexibility index (Phi) is 4.11. The molecule has 0 radical (unpaired) electrons. The van der Waals surface area contributed by atoms with Crippen molar-refractivity contribution in [3.63, 3.8) is 0 Å². The number of halogens is 2. The Balaban J connectivity index is 1.78. The van der Waals surface area contributed by atoms with Crippen LogP contribution in [-0.4, -0.2) is 18.7 Å². The molecule has 1 fully saturated rings. The molecule has 3 nitrogen and oxygen atoms in total. The molecule has 5 heteroatoms. The lowest BCUT2D eigenvalue weighted by Crippen LogP contribution is -2.31. The molecule has 0 bridgehead atoms. The van der Waals surface area contributed by atoms with Crippen LogP contribution in [0.5, 0.6) is 5.75 Å². The topological polar surface area (TPSA) is 45.0 Å². The van der Waals surface area contributed by atoms with Gasteiger partial charge >= 0.3 is 0 Å². The highest BCUT2D eigenvalue weighted by Gasteiger charge is 2.24. The summed E-state index contributed by atoms with van der Waals surface area (Å²) in [4.78, 5) is 0. The van der Waals surface area contributed by atoms with E-state index in [2.05, 4.69) is 11.4 Å². The predicted molar refractivity (Wildman–Crippen MR) is 62.0 cm³/mol. The summed E-state index contributed by atoms with van der Waals surface area (Å²) in [6.07, 6.45) is 2.68. The van der Waals surface area contributed by atoms with E-state index >= 15 is 0 Å². The molecule has 0 aromatic heterocycles. The lowest BCUT2D eigenvalue weighted by atomic mass is 10.2. The van der Waals surface area contributed by atoms with Gasteiger partial charge in [-0.25, -0.2) is 8.78 Å².